The van der Waals surface area contributed by atoms with Crippen LogP contribution >= 0.6 is 11.6 Å². The van der Waals surface area contributed by atoms with E-state index in [0.29, 0.717) is 29.5 Å². The largest absolute Gasteiger partial charge is 0.497 e. The van der Waals surface area contributed by atoms with Gasteiger partial charge in [0.15, 0.2) is 0 Å². The van der Waals surface area contributed by atoms with Gasteiger partial charge in [-0.2, -0.15) is 0 Å². The number of benzene rings is 2. The Kier molecular flexibility index (Phi) is 7.10. The molecule has 0 saturated carbocycles. The maximum Gasteiger partial charge on any atom is 0.251 e. The minimum Gasteiger partial charge on any atom is -0.497 e. The number of carbonyl (C=O) groups is 2. The summed E-state index contributed by atoms with van der Waals surface area (Å²) in [7, 11) is 1.59. The molecule has 0 radical (unpaired) electrons. The van der Waals surface area contributed by atoms with Crippen molar-refractivity contribution in [3.05, 3.63) is 59.1 Å². The molecule has 0 unspecified atom stereocenters. The summed E-state index contributed by atoms with van der Waals surface area (Å²) in [6.07, 6.45) is 0. The van der Waals surface area contributed by atoms with Crippen molar-refractivity contribution in [1.29, 1.82) is 0 Å². The molecule has 2 aromatic rings. The van der Waals surface area contributed by atoms with Gasteiger partial charge in [-0.25, -0.2) is 0 Å². The number of nitrogens with one attached hydrogen (secondary N) is 2. The van der Waals surface area contributed by atoms with Crippen LogP contribution < -0.4 is 20.1 Å². The highest BCUT2D eigenvalue weighted by molar-refractivity contribution is 6.30. The normalized spacial score (nSPS) is 10.0. The SMILES string of the molecule is COc1ccc(OCCNC(=O)CNC(=O)c2ccc(Cl)cc2)cc1. The second-order valence-electron chi connectivity index (χ2n) is 5.06. The summed E-state index contributed by atoms with van der Waals surface area (Å²) in [6.45, 7) is 0.550. The molecule has 0 saturated heterocycles. The predicted molar refractivity (Wildman–Crippen MR) is 95.3 cm³/mol. The predicted octanol–water partition coefficient (Wildman–Crippen LogP) is 2.27. The molecule has 0 fully saturated rings. The van der Waals surface area contributed by atoms with Gasteiger partial charge in [-0.05, 0) is 48.5 Å². The lowest BCUT2D eigenvalue weighted by atomic mass is 10.2. The van der Waals surface area contributed by atoms with Crippen LogP contribution in [0.2, 0.25) is 5.02 Å². The van der Waals surface area contributed by atoms with E-state index in [0.717, 1.165) is 5.75 Å². The molecule has 2 aromatic carbocycles. The van der Waals surface area contributed by atoms with Crippen molar-refractivity contribution in [2.45, 2.75) is 0 Å². The average molecular weight is 363 g/mol. The summed E-state index contributed by atoms with van der Waals surface area (Å²) in [6, 6.07) is 13.6. The average Bonchev–Trinajstić information content (AvgIpc) is 2.64. The summed E-state index contributed by atoms with van der Waals surface area (Å²) in [5, 5.41) is 5.75. The number of rotatable bonds is 8. The van der Waals surface area contributed by atoms with Crippen LogP contribution in [0.3, 0.4) is 0 Å². The minimum atomic E-state index is -0.332. The summed E-state index contributed by atoms with van der Waals surface area (Å²) in [5.41, 5.74) is 0.444. The van der Waals surface area contributed by atoms with E-state index < -0.39 is 0 Å². The maximum absolute atomic E-state index is 11.9. The van der Waals surface area contributed by atoms with Crippen molar-refractivity contribution in [2.75, 3.05) is 26.8 Å². The summed E-state index contributed by atoms with van der Waals surface area (Å²) < 4.78 is 10.5. The van der Waals surface area contributed by atoms with Gasteiger partial charge in [-0.1, -0.05) is 11.6 Å². The Bertz CT molecular complexity index is 702. The van der Waals surface area contributed by atoms with E-state index in [2.05, 4.69) is 10.6 Å². The lowest BCUT2D eigenvalue weighted by Crippen LogP contribution is -2.38. The van der Waals surface area contributed by atoms with Gasteiger partial charge >= 0.3 is 0 Å². The molecule has 6 nitrogen and oxygen atoms in total. The van der Waals surface area contributed by atoms with Gasteiger partial charge in [0, 0.05) is 10.6 Å². The number of methoxy groups -OCH3 is 1. The molecule has 2 N–H and O–H groups in total. The molecule has 0 aliphatic carbocycles. The molecule has 7 heteroatoms. The quantitative estimate of drug-likeness (QED) is 0.706. The Morgan fingerprint density at radius 3 is 2.24 bits per heavy atom. The van der Waals surface area contributed by atoms with E-state index in [1.165, 1.54) is 0 Å². The smallest absolute Gasteiger partial charge is 0.251 e. The molecule has 0 spiro atoms. The zero-order chi connectivity index (χ0) is 18.1. The van der Waals surface area contributed by atoms with Crippen molar-refractivity contribution < 1.29 is 19.1 Å². The van der Waals surface area contributed by atoms with Gasteiger partial charge in [-0.3, -0.25) is 9.59 Å². The van der Waals surface area contributed by atoms with E-state index in [9.17, 15) is 9.59 Å². The van der Waals surface area contributed by atoms with Gasteiger partial charge < -0.3 is 20.1 Å². The molecule has 132 valence electrons. The zero-order valence-corrected chi connectivity index (χ0v) is 14.5. The van der Waals surface area contributed by atoms with Crippen LogP contribution in [-0.4, -0.2) is 38.6 Å². The van der Waals surface area contributed by atoms with E-state index in [4.69, 9.17) is 21.1 Å². The van der Waals surface area contributed by atoms with E-state index in [-0.39, 0.29) is 18.4 Å². The third-order valence-corrected chi connectivity index (χ3v) is 3.52. The fraction of sp³-hybridized carbons (Fsp3) is 0.222. The third kappa shape index (κ3) is 6.35. The van der Waals surface area contributed by atoms with Crippen molar-refractivity contribution in [2.24, 2.45) is 0 Å². The molecule has 2 rings (SSSR count). The van der Waals surface area contributed by atoms with Crippen molar-refractivity contribution in [1.82, 2.24) is 10.6 Å². The fourth-order valence-corrected chi connectivity index (χ4v) is 2.08. The number of carbonyl (C=O) groups excluding carboxylic acids is 2. The molecule has 0 aliphatic heterocycles. The van der Waals surface area contributed by atoms with E-state index in [1.54, 1.807) is 55.6 Å². The van der Waals surface area contributed by atoms with Gasteiger partial charge in [0.2, 0.25) is 5.91 Å². The van der Waals surface area contributed by atoms with Gasteiger partial charge in [0.1, 0.15) is 18.1 Å². The minimum absolute atomic E-state index is 0.107. The molecule has 0 heterocycles. The Morgan fingerprint density at radius 2 is 1.60 bits per heavy atom. The van der Waals surface area contributed by atoms with Gasteiger partial charge in [0.05, 0.1) is 20.2 Å². The van der Waals surface area contributed by atoms with Crippen LogP contribution in [0.5, 0.6) is 11.5 Å². The lowest BCUT2D eigenvalue weighted by molar-refractivity contribution is -0.120. The van der Waals surface area contributed by atoms with Gasteiger partial charge in [0.25, 0.3) is 5.91 Å². The molecule has 0 bridgehead atoms. The van der Waals surface area contributed by atoms with Crippen LogP contribution in [-0.2, 0) is 4.79 Å². The highest BCUT2D eigenvalue weighted by Crippen LogP contribution is 2.16. The lowest BCUT2D eigenvalue weighted by Gasteiger charge is -2.09. The van der Waals surface area contributed by atoms with Crippen LogP contribution in [0, 0.1) is 0 Å². The second-order valence-corrected chi connectivity index (χ2v) is 5.50. The first-order valence-corrected chi connectivity index (χ1v) is 8.03. The highest BCUT2D eigenvalue weighted by Gasteiger charge is 2.07. The number of hydrogen-bond donors (Lipinski definition) is 2. The first-order valence-electron chi connectivity index (χ1n) is 7.66. The van der Waals surface area contributed by atoms with Crippen LogP contribution in [0.1, 0.15) is 10.4 Å². The Labute approximate surface area is 151 Å². The summed E-state index contributed by atoms with van der Waals surface area (Å²) in [5.74, 6) is 0.810. The molecule has 0 atom stereocenters. The Balaban J connectivity index is 1.63. The number of amides is 2. The molecule has 2 amide bonds. The van der Waals surface area contributed by atoms with Gasteiger partial charge in [-0.15, -0.1) is 0 Å². The Hall–Kier alpha value is -2.73. The number of halogens is 1. The zero-order valence-electron chi connectivity index (χ0n) is 13.8. The maximum atomic E-state index is 11.9. The Morgan fingerprint density at radius 1 is 0.960 bits per heavy atom. The highest BCUT2D eigenvalue weighted by atomic mass is 35.5. The first-order chi connectivity index (χ1) is 12.1. The standard InChI is InChI=1S/C18H19ClN2O4/c1-24-15-6-8-16(9-7-15)25-11-10-20-17(22)12-21-18(23)13-2-4-14(19)5-3-13/h2-9H,10-12H2,1H3,(H,20,22)(H,21,23). The van der Waals surface area contributed by atoms with E-state index >= 15 is 0 Å². The van der Waals surface area contributed by atoms with Crippen LogP contribution in [0.25, 0.3) is 0 Å². The van der Waals surface area contributed by atoms with Crippen molar-refractivity contribution >= 4 is 23.4 Å². The molecular formula is C18H19ClN2O4. The molecular weight excluding hydrogens is 344 g/mol. The monoisotopic (exact) mass is 362 g/mol. The molecule has 25 heavy (non-hydrogen) atoms. The topological polar surface area (TPSA) is 76.7 Å². The molecule has 0 aliphatic rings. The third-order valence-electron chi connectivity index (χ3n) is 3.27. The van der Waals surface area contributed by atoms with Crippen molar-refractivity contribution in [3.63, 3.8) is 0 Å². The van der Waals surface area contributed by atoms with Crippen LogP contribution in [0.15, 0.2) is 48.5 Å². The first kappa shape index (κ1) is 18.6. The molecule has 0 aromatic heterocycles. The second kappa shape index (κ2) is 9.54. The summed E-state index contributed by atoms with van der Waals surface area (Å²) in [4.78, 5) is 23.6. The number of ether oxygens (including phenoxy) is 2. The fourth-order valence-electron chi connectivity index (χ4n) is 1.96. The van der Waals surface area contributed by atoms with Crippen LogP contribution in [0.4, 0.5) is 0 Å². The van der Waals surface area contributed by atoms with E-state index in [1.807, 2.05) is 0 Å². The number of hydrogen-bond acceptors (Lipinski definition) is 4. The summed E-state index contributed by atoms with van der Waals surface area (Å²) >= 11 is 5.76. The van der Waals surface area contributed by atoms with Crippen molar-refractivity contribution in [3.8, 4) is 11.5 Å².